The number of methoxy groups -OCH3 is 1. The van der Waals surface area contributed by atoms with Gasteiger partial charge in [0.05, 0.1) is 41.9 Å². The number of ether oxygens (including phenoxy) is 1. The summed E-state index contributed by atoms with van der Waals surface area (Å²) in [7, 11) is 1.57. The second-order valence-corrected chi connectivity index (χ2v) is 12.0. The molecule has 2 amide bonds. The number of pyridine rings is 1. The Bertz CT molecular complexity index is 1350. The van der Waals surface area contributed by atoms with Crippen LogP contribution in [-0.4, -0.2) is 69.5 Å². The zero-order valence-corrected chi connectivity index (χ0v) is 24.7. The predicted molar refractivity (Wildman–Crippen MR) is 160 cm³/mol. The molecule has 4 atom stereocenters. The van der Waals surface area contributed by atoms with E-state index in [4.69, 9.17) is 16.3 Å². The van der Waals surface area contributed by atoms with E-state index < -0.39 is 23.9 Å². The smallest absolute Gasteiger partial charge is 0.234 e. The zero-order valence-electron chi connectivity index (χ0n) is 23.9. The van der Waals surface area contributed by atoms with Gasteiger partial charge in [0.1, 0.15) is 5.75 Å². The number of likely N-dealkylation sites (tertiary alicyclic amines) is 1. The van der Waals surface area contributed by atoms with Crippen LogP contribution in [0.25, 0.3) is 11.6 Å². The van der Waals surface area contributed by atoms with Crippen molar-refractivity contribution >= 4 is 35.1 Å². The van der Waals surface area contributed by atoms with Crippen molar-refractivity contribution in [3.8, 4) is 5.75 Å². The number of phenolic OH excluding ortho intramolecular Hbond substituents is 1. The number of aliphatic hydroxyl groups excluding tert-OH is 2. The van der Waals surface area contributed by atoms with Crippen molar-refractivity contribution in [3.05, 3.63) is 70.0 Å². The van der Waals surface area contributed by atoms with Crippen LogP contribution in [0.2, 0.25) is 5.02 Å². The molecule has 2 fully saturated rings. The molecule has 2 aromatic rings. The minimum atomic E-state index is -0.970. The molecule has 9 heteroatoms. The number of amides is 2. The third-order valence-corrected chi connectivity index (χ3v) is 9.35. The predicted octanol–water partition coefficient (Wildman–Crippen LogP) is 5.01. The summed E-state index contributed by atoms with van der Waals surface area (Å²) in [5, 5.41) is 32.5. The number of allylic oxidation sites excluding steroid dienone is 1. The minimum Gasteiger partial charge on any atom is -0.508 e. The van der Waals surface area contributed by atoms with Gasteiger partial charge in [0.2, 0.25) is 11.8 Å². The van der Waals surface area contributed by atoms with Gasteiger partial charge in [-0.3, -0.25) is 19.5 Å². The van der Waals surface area contributed by atoms with Crippen molar-refractivity contribution < 1.29 is 29.6 Å². The Morgan fingerprint density at radius 1 is 1.17 bits per heavy atom. The Morgan fingerprint density at radius 3 is 2.62 bits per heavy atom. The lowest BCUT2D eigenvalue weighted by Gasteiger charge is -2.36. The van der Waals surface area contributed by atoms with Gasteiger partial charge in [-0.2, -0.15) is 0 Å². The molecule has 0 spiro atoms. The summed E-state index contributed by atoms with van der Waals surface area (Å²) in [4.78, 5) is 33.3. The second kappa shape index (κ2) is 13.5. The number of fused-ring (bicyclic) bond motifs is 1. The van der Waals surface area contributed by atoms with Gasteiger partial charge in [0.15, 0.2) is 0 Å². The van der Waals surface area contributed by atoms with Crippen LogP contribution in [0.15, 0.2) is 53.7 Å². The highest BCUT2D eigenvalue weighted by atomic mass is 35.5. The monoisotopic (exact) mass is 594 g/mol. The Kier molecular flexibility index (Phi) is 9.78. The maximum Gasteiger partial charge on any atom is 0.234 e. The van der Waals surface area contributed by atoms with Gasteiger partial charge in [0.25, 0.3) is 0 Å². The van der Waals surface area contributed by atoms with E-state index in [0.29, 0.717) is 35.4 Å². The molecule has 1 aliphatic heterocycles. The van der Waals surface area contributed by atoms with E-state index in [0.717, 1.165) is 48.9 Å². The van der Waals surface area contributed by atoms with Gasteiger partial charge in [-0.1, -0.05) is 36.9 Å². The molecular formula is C33H39ClN2O6. The average molecular weight is 595 g/mol. The standard InChI is InChI=1S/C33H39ClN2O6/c1-42-19-22-16-25-31(33(41)36(32(25)40)23-7-3-2-4-8-23)26(18-37)30(22)29(39)13-11-21(28-9-5-6-14-35-28)15-20-10-12-24(38)17-27(20)34/h5-6,9-10,12,14-15,17,23,25-26,29,31,37-39H,2-4,7-8,11,13,16,18-19H2,1H3/b21-15-/t25-,26+,29-,31-/m1/s1. The molecule has 3 N–H and O–H groups in total. The van der Waals surface area contributed by atoms with Gasteiger partial charge in [0, 0.05) is 25.3 Å². The summed E-state index contributed by atoms with van der Waals surface area (Å²) in [6.07, 6.45) is 8.42. The van der Waals surface area contributed by atoms with E-state index in [1.807, 2.05) is 24.3 Å². The number of phenols is 1. The van der Waals surface area contributed by atoms with Gasteiger partial charge in [-0.25, -0.2) is 0 Å². The summed E-state index contributed by atoms with van der Waals surface area (Å²) in [6, 6.07) is 10.3. The fourth-order valence-corrected chi connectivity index (χ4v) is 7.31. The summed E-state index contributed by atoms with van der Waals surface area (Å²) in [5.41, 5.74) is 3.65. The average Bonchev–Trinajstić information content (AvgIpc) is 3.25. The maximum absolute atomic E-state index is 13.8. The van der Waals surface area contributed by atoms with Crippen LogP contribution in [0.5, 0.6) is 5.75 Å². The quantitative estimate of drug-likeness (QED) is 0.261. The van der Waals surface area contributed by atoms with E-state index >= 15 is 0 Å². The molecule has 5 rings (SSSR count). The van der Waals surface area contributed by atoms with Gasteiger partial charge in [-0.15, -0.1) is 0 Å². The lowest BCUT2D eigenvalue weighted by atomic mass is 9.68. The Labute approximate surface area is 251 Å². The first-order valence-corrected chi connectivity index (χ1v) is 15.2. The van der Waals surface area contributed by atoms with E-state index in [1.54, 1.807) is 25.4 Å². The lowest BCUT2D eigenvalue weighted by Crippen LogP contribution is -2.42. The molecule has 42 heavy (non-hydrogen) atoms. The Morgan fingerprint density at radius 2 is 1.95 bits per heavy atom. The number of rotatable bonds is 10. The molecular weight excluding hydrogens is 556 g/mol. The molecule has 0 bridgehead atoms. The van der Waals surface area contributed by atoms with Crippen molar-refractivity contribution in [3.63, 3.8) is 0 Å². The molecule has 1 aromatic carbocycles. The second-order valence-electron chi connectivity index (χ2n) is 11.6. The van der Waals surface area contributed by atoms with E-state index in [1.165, 1.54) is 11.0 Å². The van der Waals surface area contributed by atoms with Crippen molar-refractivity contribution in [1.29, 1.82) is 0 Å². The molecule has 2 aliphatic carbocycles. The van der Waals surface area contributed by atoms with E-state index in [2.05, 4.69) is 4.98 Å². The van der Waals surface area contributed by atoms with Crippen LogP contribution < -0.4 is 0 Å². The van der Waals surface area contributed by atoms with Gasteiger partial charge < -0.3 is 20.1 Å². The Hall–Kier alpha value is -3.04. The first kappa shape index (κ1) is 30.4. The number of aliphatic hydroxyl groups is 2. The topological polar surface area (TPSA) is 120 Å². The lowest BCUT2D eigenvalue weighted by molar-refractivity contribution is -0.143. The molecule has 8 nitrogen and oxygen atoms in total. The third kappa shape index (κ3) is 6.18. The number of aromatic nitrogens is 1. The molecule has 1 saturated heterocycles. The van der Waals surface area contributed by atoms with Crippen molar-refractivity contribution in [2.75, 3.05) is 20.3 Å². The third-order valence-electron chi connectivity index (χ3n) is 9.03. The van der Waals surface area contributed by atoms with Crippen molar-refractivity contribution in [2.24, 2.45) is 17.8 Å². The van der Waals surface area contributed by atoms with Crippen LogP contribution >= 0.6 is 11.6 Å². The molecule has 0 unspecified atom stereocenters. The first-order chi connectivity index (χ1) is 20.3. The summed E-state index contributed by atoms with van der Waals surface area (Å²) < 4.78 is 5.49. The SMILES string of the molecule is COCC1=C([C@H](O)CC/C(=C/c2ccc(O)cc2Cl)c2ccccn2)[C@H](CO)[C@@H]2C(=O)N(C3CCCCC3)C(=O)[C@@H]2C1. The number of carbonyl (C=O) groups is 2. The Balaban J connectivity index is 1.43. The number of hydrogen-bond acceptors (Lipinski definition) is 7. The van der Waals surface area contributed by atoms with Crippen LogP contribution in [0, 0.1) is 17.8 Å². The van der Waals surface area contributed by atoms with Gasteiger partial charge >= 0.3 is 0 Å². The minimum absolute atomic E-state index is 0.0669. The number of aromatic hydroxyl groups is 1. The number of imide groups is 1. The maximum atomic E-state index is 13.8. The van der Waals surface area contributed by atoms with E-state index in [9.17, 15) is 24.9 Å². The van der Waals surface area contributed by atoms with Crippen LogP contribution in [0.4, 0.5) is 0 Å². The van der Waals surface area contributed by atoms with Crippen molar-refractivity contribution in [1.82, 2.24) is 9.88 Å². The first-order valence-electron chi connectivity index (χ1n) is 14.8. The molecule has 1 aromatic heterocycles. The molecule has 1 saturated carbocycles. The van der Waals surface area contributed by atoms with Gasteiger partial charge in [-0.05, 0) is 90.8 Å². The summed E-state index contributed by atoms with van der Waals surface area (Å²) >= 11 is 6.40. The highest BCUT2D eigenvalue weighted by Gasteiger charge is 2.56. The van der Waals surface area contributed by atoms with E-state index in [-0.39, 0.29) is 36.8 Å². The van der Waals surface area contributed by atoms with Crippen molar-refractivity contribution in [2.45, 2.75) is 63.5 Å². The molecule has 3 aliphatic rings. The molecule has 224 valence electrons. The summed E-state index contributed by atoms with van der Waals surface area (Å²) in [5.74, 6) is -2.19. The molecule has 2 heterocycles. The van der Waals surface area contributed by atoms with Crippen LogP contribution in [0.3, 0.4) is 0 Å². The fraction of sp³-hybridized carbons (Fsp3) is 0.485. The number of benzene rings is 1. The normalized spacial score (nSPS) is 24.3. The fourth-order valence-electron chi connectivity index (χ4n) is 7.09. The largest absolute Gasteiger partial charge is 0.508 e. The number of carbonyl (C=O) groups excluding carboxylic acids is 2. The highest BCUT2D eigenvalue weighted by Crippen LogP contribution is 2.47. The molecule has 0 radical (unpaired) electrons. The number of halogens is 1. The van der Waals surface area contributed by atoms with Crippen LogP contribution in [0.1, 0.15) is 62.6 Å². The summed E-state index contributed by atoms with van der Waals surface area (Å²) in [6.45, 7) is -0.132. The van der Waals surface area contributed by atoms with Crippen LogP contribution in [-0.2, 0) is 14.3 Å². The number of hydrogen-bond donors (Lipinski definition) is 3. The highest BCUT2D eigenvalue weighted by molar-refractivity contribution is 6.32. The number of nitrogens with zero attached hydrogens (tertiary/aromatic N) is 2. The zero-order chi connectivity index (χ0) is 29.8.